The van der Waals surface area contributed by atoms with Gasteiger partial charge in [-0.2, -0.15) is 0 Å². The van der Waals surface area contributed by atoms with Gasteiger partial charge in [0.25, 0.3) is 0 Å². The van der Waals surface area contributed by atoms with Crippen molar-refractivity contribution in [3.05, 3.63) is 11.6 Å². The largest absolute Gasteiger partial charge is 0.394 e. The first-order valence-electron chi connectivity index (χ1n) is 21.2. The van der Waals surface area contributed by atoms with Crippen LogP contribution < -0.4 is 0 Å². The lowest BCUT2D eigenvalue weighted by Gasteiger charge is -2.67. The molecular weight excluding hydrogens is 724 g/mol. The Kier molecular flexibility index (Phi) is 14.3. The van der Waals surface area contributed by atoms with Crippen molar-refractivity contribution >= 4 is 0 Å². The Morgan fingerprint density at radius 1 is 0.911 bits per heavy atom. The molecule has 0 aromatic heterocycles. The summed E-state index contributed by atoms with van der Waals surface area (Å²) in [5, 5.41) is 84.5. The van der Waals surface area contributed by atoms with Gasteiger partial charge in [-0.1, -0.05) is 53.2 Å². The molecule has 56 heavy (non-hydrogen) atoms. The van der Waals surface area contributed by atoms with Gasteiger partial charge < -0.3 is 64.5 Å². The fourth-order valence-electron chi connectivity index (χ4n) is 12.5. The zero-order chi connectivity index (χ0) is 41.8. The fraction of sp³-hybridized carbons (Fsp3) is 0.953. The van der Waals surface area contributed by atoms with Crippen molar-refractivity contribution in [3.8, 4) is 0 Å². The minimum absolute atomic E-state index is 0.0571. The highest BCUT2D eigenvalue weighted by atomic mass is 16.7. The summed E-state index contributed by atoms with van der Waals surface area (Å²) < 4.78 is 29.0. The lowest BCUT2D eigenvalue weighted by molar-refractivity contribution is -0.310. The van der Waals surface area contributed by atoms with E-state index in [1.807, 2.05) is 7.11 Å². The predicted octanol–water partition coefficient (Wildman–Crippen LogP) is 3.05. The normalized spacial score (nSPS) is 43.8. The summed E-state index contributed by atoms with van der Waals surface area (Å²) in [4.78, 5) is 0. The molecule has 0 bridgehead atoms. The van der Waals surface area contributed by atoms with Crippen LogP contribution in [0.3, 0.4) is 0 Å². The van der Waals surface area contributed by atoms with Crippen molar-refractivity contribution in [2.75, 3.05) is 27.1 Å². The number of methoxy groups -OCH3 is 1. The van der Waals surface area contributed by atoms with Crippen LogP contribution in [0.25, 0.3) is 0 Å². The molecule has 13 heteroatoms. The lowest BCUT2D eigenvalue weighted by atomic mass is 9.38. The van der Waals surface area contributed by atoms with E-state index < -0.39 is 80.0 Å². The van der Waals surface area contributed by atoms with E-state index in [0.717, 1.165) is 44.9 Å². The number of aliphatic hydroxyl groups is 8. The molecule has 8 N–H and O–H groups in total. The van der Waals surface area contributed by atoms with E-state index in [4.69, 9.17) is 23.7 Å². The molecule has 4 fully saturated rings. The van der Waals surface area contributed by atoms with Crippen LogP contribution in [0, 0.1) is 45.3 Å². The molecular formula is C43H76O13. The van der Waals surface area contributed by atoms with Gasteiger partial charge in [0, 0.05) is 17.9 Å². The van der Waals surface area contributed by atoms with Crippen molar-refractivity contribution in [1.29, 1.82) is 0 Å². The quantitative estimate of drug-likeness (QED) is 0.0836. The Balaban J connectivity index is 1.23. The molecule has 0 spiro atoms. The molecule has 0 radical (unpaired) electrons. The van der Waals surface area contributed by atoms with Crippen molar-refractivity contribution < 1.29 is 64.5 Å². The van der Waals surface area contributed by atoms with Crippen molar-refractivity contribution in [1.82, 2.24) is 0 Å². The van der Waals surface area contributed by atoms with Gasteiger partial charge in [0.05, 0.1) is 43.2 Å². The molecule has 1 aliphatic heterocycles. The summed E-state index contributed by atoms with van der Waals surface area (Å²) >= 11 is 0. The van der Waals surface area contributed by atoms with Crippen LogP contribution in [0.4, 0.5) is 0 Å². The van der Waals surface area contributed by atoms with Gasteiger partial charge in [0.1, 0.15) is 43.4 Å². The van der Waals surface area contributed by atoms with Crippen LogP contribution in [-0.4, -0.2) is 141 Å². The molecule has 18 atom stereocenters. The zero-order valence-electron chi connectivity index (χ0n) is 35.6. The van der Waals surface area contributed by atoms with E-state index in [1.54, 1.807) is 13.8 Å². The third-order valence-corrected chi connectivity index (χ3v) is 16.3. The zero-order valence-corrected chi connectivity index (χ0v) is 35.6. The molecule has 1 heterocycles. The Bertz CT molecular complexity index is 1330. The molecule has 0 aromatic carbocycles. The third kappa shape index (κ3) is 8.18. The predicted molar refractivity (Wildman–Crippen MR) is 208 cm³/mol. The fourth-order valence-corrected chi connectivity index (χ4v) is 12.5. The topological polar surface area (TPSA) is 208 Å². The highest BCUT2D eigenvalue weighted by molar-refractivity contribution is 5.31. The van der Waals surface area contributed by atoms with E-state index in [2.05, 4.69) is 47.6 Å². The third-order valence-electron chi connectivity index (χ3n) is 16.3. The van der Waals surface area contributed by atoms with Crippen molar-refractivity contribution in [2.24, 2.45) is 45.3 Å². The molecule has 1 saturated heterocycles. The number of allylic oxidation sites excluding steroid dienone is 1. The van der Waals surface area contributed by atoms with E-state index >= 15 is 0 Å². The van der Waals surface area contributed by atoms with Crippen molar-refractivity contribution in [3.63, 3.8) is 0 Å². The summed E-state index contributed by atoms with van der Waals surface area (Å²) in [5.41, 5.74) is -0.0396. The Morgan fingerprint density at radius 2 is 1.59 bits per heavy atom. The van der Waals surface area contributed by atoms with Gasteiger partial charge in [-0.05, 0) is 107 Å². The van der Waals surface area contributed by atoms with Gasteiger partial charge >= 0.3 is 0 Å². The maximum absolute atomic E-state index is 12.3. The molecule has 5 rings (SSSR count). The maximum atomic E-state index is 12.3. The molecule has 0 aromatic rings. The molecule has 13 nitrogen and oxygen atoms in total. The van der Waals surface area contributed by atoms with E-state index in [1.165, 1.54) is 12.5 Å². The molecule has 5 aliphatic rings. The number of ether oxygens (including phenoxy) is 5. The molecule has 326 valence electrons. The lowest BCUT2D eigenvalue weighted by Crippen LogP contribution is -2.64. The van der Waals surface area contributed by atoms with Crippen molar-refractivity contribution in [2.45, 2.75) is 187 Å². The van der Waals surface area contributed by atoms with Gasteiger partial charge in [0.2, 0.25) is 0 Å². The SMILES string of the molecule is CO[C@H]1CC[C@@H]2C(=CC[C@@H]3[C@@]2(C)[C@H](O)C[C@]2(C)[C@@H]([C@H](C)CC[C@@H](OCOC(CO[C@@H]4OC(CO)[C@@H](O)[C@H](O)C4O)[C@@H](O)[C@@H](C)O)C(C)(C)O)CC[C@@]32C)C1(C)C. The van der Waals surface area contributed by atoms with Crippen LogP contribution in [0.5, 0.6) is 0 Å². The van der Waals surface area contributed by atoms with Crippen LogP contribution in [0.1, 0.15) is 114 Å². The average molecular weight is 801 g/mol. The van der Waals surface area contributed by atoms with Crippen LogP contribution in [-0.2, 0) is 23.7 Å². The molecule has 4 aliphatic carbocycles. The van der Waals surface area contributed by atoms with E-state index in [9.17, 15) is 40.9 Å². The summed E-state index contributed by atoms with van der Waals surface area (Å²) in [7, 11) is 1.82. The highest BCUT2D eigenvalue weighted by Crippen LogP contribution is 2.75. The van der Waals surface area contributed by atoms with E-state index in [-0.39, 0.29) is 40.5 Å². The first kappa shape index (κ1) is 46.3. The van der Waals surface area contributed by atoms with Crippen LogP contribution in [0.2, 0.25) is 0 Å². The Morgan fingerprint density at radius 3 is 2.20 bits per heavy atom. The van der Waals surface area contributed by atoms with Gasteiger partial charge in [-0.3, -0.25) is 0 Å². The summed E-state index contributed by atoms with van der Waals surface area (Å²) in [5.74, 6) is 1.36. The van der Waals surface area contributed by atoms with Gasteiger partial charge in [-0.15, -0.1) is 0 Å². The summed E-state index contributed by atoms with van der Waals surface area (Å²) in [6.45, 7) is 17.6. The Labute approximate surface area is 334 Å². The standard InChI is InChI=1S/C43H76O13/c1-23(25-17-18-41(7)30-14-12-26-27(13-16-32(52-10)39(26,3)4)43(30,9)31(46)19-42(25,41)8)11-15-33(40(5,6)51)55-22-54-29(34(47)24(2)45)21-53-38-37(50)36(49)35(48)28(20-44)56-38/h12,23-25,27-38,44-51H,11,13-22H2,1-10H3/t23-,24-,25-,27-,28?,29?,30+,31-,32+,33-,34+,35-,36+,37?,38-,41+,42-,43+/m1/s1. The summed E-state index contributed by atoms with van der Waals surface area (Å²) in [6.07, 6.45) is -2.31. The minimum atomic E-state index is -1.64. The number of aliphatic hydroxyl groups excluding tert-OH is 7. The number of fused-ring (bicyclic) bond motifs is 5. The second-order valence-electron chi connectivity index (χ2n) is 20.0. The second-order valence-corrected chi connectivity index (χ2v) is 20.0. The number of hydrogen-bond donors (Lipinski definition) is 8. The van der Waals surface area contributed by atoms with Gasteiger partial charge in [-0.25, -0.2) is 0 Å². The van der Waals surface area contributed by atoms with Gasteiger partial charge in [0.15, 0.2) is 6.29 Å². The molecule has 3 saturated carbocycles. The number of hydrogen-bond acceptors (Lipinski definition) is 13. The monoisotopic (exact) mass is 801 g/mol. The number of rotatable bonds is 16. The average Bonchev–Trinajstić information content (AvgIpc) is 3.39. The second kappa shape index (κ2) is 17.3. The minimum Gasteiger partial charge on any atom is -0.394 e. The first-order chi connectivity index (χ1) is 26.0. The Hall–Kier alpha value is -0.780. The summed E-state index contributed by atoms with van der Waals surface area (Å²) in [6, 6.07) is 0. The first-order valence-corrected chi connectivity index (χ1v) is 21.2. The highest BCUT2D eigenvalue weighted by Gasteiger charge is 2.70. The smallest absolute Gasteiger partial charge is 0.186 e. The van der Waals surface area contributed by atoms with E-state index in [0.29, 0.717) is 24.2 Å². The molecule has 0 amide bonds. The van der Waals surface area contributed by atoms with Crippen LogP contribution in [0.15, 0.2) is 11.6 Å². The van der Waals surface area contributed by atoms with Crippen LogP contribution >= 0.6 is 0 Å². The molecule has 3 unspecified atom stereocenters. The maximum Gasteiger partial charge on any atom is 0.186 e.